The summed E-state index contributed by atoms with van der Waals surface area (Å²) in [5, 5.41) is 2.84. The first-order valence-corrected chi connectivity index (χ1v) is 13.1. The van der Waals surface area contributed by atoms with Crippen LogP contribution in [0.2, 0.25) is 0 Å². The molecule has 2 aliphatic rings. The van der Waals surface area contributed by atoms with Gasteiger partial charge in [0.05, 0.1) is 24.2 Å². The highest BCUT2D eigenvalue weighted by molar-refractivity contribution is 7.89. The normalized spacial score (nSPS) is 19.7. The molecule has 2 aromatic carbocycles. The Kier molecular flexibility index (Phi) is 7.97. The van der Waals surface area contributed by atoms with Gasteiger partial charge in [0.15, 0.2) is 0 Å². The van der Waals surface area contributed by atoms with Crippen molar-refractivity contribution >= 4 is 33.6 Å². The lowest BCUT2D eigenvalue weighted by Gasteiger charge is -2.26. The first kappa shape index (κ1) is 25.1. The van der Waals surface area contributed by atoms with Crippen molar-refractivity contribution in [2.24, 2.45) is 5.73 Å². The highest BCUT2D eigenvalue weighted by atomic mass is 32.2. The average molecular weight is 499 g/mol. The molecule has 0 aliphatic carbocycles. The fraction of sp³-hybridized carbons (Fsp3) is 0.360. The summed E-state index contributed by atoms with van der Waals surface area (Å²) >= 11 is 0. The number of nitrogens with one attached hydrogen (secondary N) is 1. The fourth-order valence-electron chi connectivity index (χ4n) is 4.36. The van der Waals surface area contributed by atoms with E-state index < -0.39 is 10.0 Å². The molecule has 0 spiro atoms. The molecule has 2 aromatic rings. The summed E-state index contributed by atoms with van der Waals surface area (Å²) in [6.07, 6.45) is 4.75. The Morgan fingerprint density at radius 1 is 1.09 bits per heavy atom. The molecule has 0 aromatic heterocycles. The van der Waals surface area contributed by atoms with E-state index in [9.17, 15) is 18.0 Å². The maximum Gasteiger partial charge on any atom is 0.248 e. The second-order valence-corrected chi connectivity index (χ2v) is 10.6. The maximum atomic E-state index is 12.7. The van der Waals surface area contributed by atoms with Crippen molar-refractivity contribution in [2.75, 3.05) is 38.2 Å². The van der Waals surface area contributed by atoms with Crippen molar-refractivity contribution in [1.82, 2.24) is 9.21 Å². The minimum absolute atomic E-state index is 0.217. The van der Waals surface area contributed by atoms with Crippen molar-refractivity contribution < 1.29 is 22.7 Å². The van der Waals surface area contributed by atoms with Gasteiger partial charge in [-0.3, -0.25) is 14.5 Å². The number of anilines is 1. The molecule has 4 rings (SSSR count). The van der Waals surface area contributed by atoms with Crippen LogP contribution in [0.4, 0.5) is 5.69 Å². The molecule has 0 bridgehead atoms. The number of nitrogens with two attached hydrogens (primary N) is 1. The molecule has 2 saturated heterocycles. The van der Waals surface area contributed by atoms with Crippen molar-refractivity contribution in [3.63, 3.8) is 0 Å². The number of rotatable bonds is 8. The highest BCUT2D eigenvalue weighted by Crippen LogP contribution is 2.22. The molecule has 2 aliphatic heterocycles. The van der Waals surface area contributed by atoms with E-state index in [0.29, 0.717) is 44.1 Å². The predicted octanol–water partition coefficient (Wildman–Crippen LogP) is 1.81. The molecule has 3 N–H and O–H groups in total. The molecule has 1 atom stereocenters. The van der Waals surface area contributed by atoms with Gasteiger partial charge in [0.1, 0.15) is 0 Å². The highest BCUT2D eigenvalue weighted by Gasteiger charge is 2.29. The Hall–Kier alpha value is -3.05. The number of hydrogen-bond donors (Lipinski definition) is 2. The summed E-state index contributed by atoms with van der Waals surface area (Å²) in [5.41, 5.74) is 7.85. The third-order valence-electron chi connectivity index (χ3n) is 6.19. The molecule has 9 nitrogen and oxygen atoms in total. The molecule has 2 amide bonds. The van der Waals surface area contributed by atoms with Gasteiger partial charge in [0.25, 0.3) is 0 Å². The number of nitrogens with zero attached hydrogens (tertiary/aromatic N) is 2. The van der Waals surface area contributed by atoms with Crippen LogP contribution in [0.5, 0.6) is 0 Å². The zero-order chi connectivity index (χ0) is 24.8. The third kappa shape index (κ3) is 6.34. The van der Waals surface area contributed by atoms with Gasteiger partial charge in [0.2, 0.25) is 21.8 Å². The molecular formula is C25H30N4O5S. The van der Waals surface area contributed by atoms with Gasteiger partial charge < -0.3 is 15.8 Å². The Balaban J connectivity index is 1.34. The van der Waals surface area contributed by atoms with E-state index in [2.05, 4.69) is 10.2 Å². The van der Waals surface area contributed by atoms with Crippen LogP contribution in [-0.4, -0.2) is 68.3 Å². The summed E-state index contributed by atoms with van der Waals surface area (Å²) < 4.78 is 32.1. The van der Waals surface area contributed by atoms with Crippen LogP contribution in [0.25, 0.3) is 6.08 Å². The van der Waals surface area contributed by atoms with Crippen LogP contribution in [-0.2, 0) is 30.9 Å². The van der Waals surface area contributed by atoms with Crippen LogP contribution >= 0.6 is 0 Å². The van der Waals surface area contributed by atoms with Crippen molar-refractivity contribution in [1.29, 1.82) is 0 Å². The van der Waals surface area contributed by atoms with Crippen LogP contribution < -0.4 is 11.1 Å². The maximum absolute atomic E-state index is 12.7. The predicted molar refractivity (Wildman–Crippen MR) is 133 cm³/mol. The topological polar surface area (TPSA) is 122 Å². The molecule has 0 radical (unpaired) electrons. The molecule has 35 heavy (non-hydrogen) atoms. The zero-order valence-electron chi connectivity index (χ0n) is 19.4. The Morgan fingerprint density at radius 3 is 2.54 bits per heavy atom. The van der Waals surface area contributed by atoms with Crippen molar-refractivity contribution in [3.8, 4) is 0 Å². The van der Waals surface area contributed by atoms with Crippen LogP contribution in [0.15, 0.2) is 59.5 Å². The summed E-state index contributed by atoms with van der Waals surface area (Å²) in [5.74, 6) is -0.604. The second-order valence-electron chi connectivity index (χ2n) is 8.64. The zero-order valence-corrected chi connectivity index (χ0v) is 20.2. The molecule has 2 fully saturated rings. The quantitative estimate of drug-likeness (QED) is 0.536. The fourth-order valence-corrected chi connectivity index (χ4v) is 5.77. The van der Waals surface area contributed by atoms with E-state index in [1.165, 1.54) is 10.4 Å². The second kappa shape index (κ2) is 11.1. The van der Waals surface area contributed by atoms with Gasteiger partial charge in [-0.05, 0) is 60.9 Å². The van der Waals surface area contributed by atoms with E-state index >= 15 is 0 Å². The monoisotopic (exact) mass is 498 g/mol. The number of amides is 2. The number of morpholine rings is 1. The van der Waals surface area contributed by atoms with Gasteiger partial charge in [-0.15, -0.1) is 0 Å². The lowest BCUT2D eigenvalue weighted by Crippen LogP contribution is -2.40. The number of ether oxygens (including phenoxy) is 1. The van der Waals surface area contributed by atoms with E-state index in [0.717, 1.165) is 24.9 Å². The van der Waals surface area contributed by atoms with Crippen LogP contribution in [0.3, 0.4) is 0 Å². The number of benzene rings is 2. The van der Waals surface area contributed by atoms with E-state index in [4.69, 9.17) is 10.5 Å². The molecule has 186 valence electrons. The minimum Gasteiger partial charge on any atom is -0.379 e. The largest absolute Gasteiger partial charge is 0.379 e. The van der Waals surface area contributed by atoms with Crippen molar-refractivity contribution in [2.45, 2.75) is 30.3 Å². The number of carbonyl (C=O) groups excluding carboxylic acids is 2. The molecule has 1 unspecified atom stereocenters. The summed E-state index contributed by atoms with van der Waals surface area (Å²) in [7, 11) is -3.55. The lowest BCUT2D eigenvalue weighted by molar-refractivity contribution is -0.122. The molecular weight excluding hydrogens is 468 g/mol. The standard InChI is InChI=1S/C25H30N4O5S/c26-25(31)23-5-2-12-28(23)18-20-3-1-4-21(17-20)27-24(30)11-8-19-6-9-22(10-7-19)35(32,33)29-13-15-34-16-14-29/h1,3-4,6-11,17,23H,2,5,12-16,18H2,(H2,26,31)(H,27,30)/b11-8+. The number of likely N-dealkylation sites (tertiary alicyclic amines) is 1. The smallest absolute Gasteiger partial charge is 0.248 e. The lowest BCUT2D eigenvalue weighted by atomic mass is 10.1. The van der Waals surface area contributed by atoms with Crippen LogP contribution in [0, 0.1) is 0 Å². The summed E-state index contributed by atoms with van der Waals surface area (Å²) in [4.78, 5) is 26.3. The Morgan fingerprint density at radius 2 is 1.83 bits per heavy atom. The molecule has 10 heteroatoms. The minimum atomic E-state index is -3.55. The van der Waals surface area contributed by atoms with Gasteiger partial charge >= 0.3 is 0 Å². The first-order valence-electron chi connectivity index (χ1n) is 11.6. The Labute approximate surface area is 205 Å². The first-order chi connectivity index (χ1) is 16.8. The summed E-state index contributed by atoms with van der Waals surface area (Å²) in [6, 6.07) is 13.7. The number of carbonyl (C=O) groups is 2. The molecule has 2 heterocycles. The van der Waals surface area contributed by atoms with E-state index in [1.807, 2.05) is 18.2 Å². The average Bonchev–Trinajstić information content (AvgIpc) is 3.32. The van der Waals surface area contributed by atoms with Gasteiger partial charge in [-0.1, -0.05) is 24.3 Å². The van der Waals surface area contributed by atoms with Gasteiger partial charge in [-0.25, -0.2) is 8.42 Å². The third-order valence-corrected chi connectivity index (χ3v) is 8.10. The number of sulfonamides is 1. The van der Waals surface area contributed by atoms with E-state index in [-0.39, 0.29) is 22.8 Å². The number of primary amides is 1. The van der Waals surface area contributed by atoms with Gasteiger partial charge in [0, 0.05) is 31.4 Å². The SMILES string of the molecule is NC(=O)C1CCCN1Cc1cccc(NC(=O)/C=C/c2ccc(S(=O)(=O)N3CCOCC3)cc2)c1. The van der Waals surface area contributed by atoms with Gasteiger partial charge in [-0.2, -0.15) is 4.31 Å². The van der Waals surface area contributed by atoms with Crippen molar-refractivity contribution in [3.05, 3.63) is 65.7 Å². The molecule has 0 saturated carbocycles. The number of hydrogen-bond acceptors (Lipinski definition) is 6. The Bertz CT molecular complexity index is 1190. The van der Waals surface area contributed by atoms with E-state index in [1.54, 1.807) is 36.4 Å². The van der Waals surface area contributed by atoms with Crippen LogP contribution in [0.1, 0.15) is 24.0 Å². The summed E-state index contributed by atoms with van der Waals surface area (Å²) in [6.45, 7) is 2.88.